The SMILES string of the molecule is CC(Cl)c1nc2c(C#N)cccc2n1CCOCC1CC1. The molecule has 1 unspecified atom stereocenters. The maximum Gasteiger partial charge on any atom is 0.127 e. The van der Waals surface area contributed by atoms with Crippen molar-refractivity contribution in [2.45, 2.75) is 31.7 Å². The van der Waals surface area contributed by atoms with Crippen molar-refractivity contribution in [2.75, 3.05) is 13.2 Å². The van der Waals surface area contributed by atoms with Crippen LogP contribution in [0.4, 0.5) is 0 Å². The number of halogens is 1. The second kappa shape index (κ2) is 6.05. The summed E-state index contributed by atoms with van der Waals surface area (Å²) in [6.07, 6.45) is 2.59. The quantitative estimate of drug-likeness (QED) is 0.605. The topological polar surface area (TPSA) is 50.8 Å². The lowest BCUT2D eigenvalue weighted by atomic mass is 10.2. The summed E-state index contributed by atoms with van der Waals surface area (Å²) in [5.74, 6) is 1.56. The Bertz CT molecular complexity index is 683. The monoisotopic (exact) mass is 303 g/mol. The molecular formula is C16H18ClN3O. The molecule has 3 rings (SSSR count). The standard InChI is InChI=1S/C16H18ClN3O/c1-11(17)16-19-15-13(9-18)3-2-4-14(15)20(16)7-8-21-10-12-5-6-12/h2-4,11-12H,5-8,10H2,1H3. The fourth-order valence-corrected chi connectivity index (χ4v) is 2.65. The summed E-state index contributed by atoms with van der Waals surface area (Å²) in [5, 5.41) is 9.00. The van der Waals surface area contributed by atoms with Crippen molar-refractivity contribution < 1.29 is 4.74 Å². The van der Waals surface area contributed by atoms with Gasteiger partial charge in [-0.2, -0.15) is 5.26 Å². The lowest BCUT2D eigenvalue weighted by molar-refractivity contribution is 0.117. The Morgan fingerprint density at radius 2 is 2.33 bits per heavy atom. The van der Waals surface area contributed by atoms with E-state index in [4.69, 9.17) is 16.3 Å². The van der Waals surface area contributed by atoms with Crippen LogP contribution in [-0.4, -0.2) is 22.8 Å². The van der Waals surface area contributed by atoms with Gasteiger partial charge in [0.2, 0.25) is 0 Å². The molecular weight excluding hydrogens is 286 g/mol. The van der Waals surface area contributed by atoms with Gasteiger partial charge in [-0.1, -0.05) is 6.07 Å². The molecule has 0 amide bonds. The van der Waals surface area contributed by atoms with Crippen LogP contribution in [0.15, 0.2) is 18.2 Å². The Morgan fingerprint density at radius 3 is 3.00 bits per heavy atom. The van der Waals surface area contributed by atoms with Crippen molar-refractivity contribution in [3.8, 4) is 6.07 Å². The molecule has 1 heterocycles. The molecule has 5 heteroatoms. The van der Waals surface area contributed by atoms with Crippen LogP contribution in [-0.2, 0) is 11.3 Å². The molecule has 0 N–H and O–H groups in total. The number of nitriles is 1. The second-order valence-corrected chi connectivity index (χ2v) is 6.20. The lowest BCUT2D eigenvalue weighted by Crippen LogP contribution is -2.11. The molecule has 1 aliphatic rings. The van der Waals surface area contributed by atoms with Crippen LogP contribution in [0.5, 0.6) is 0 Å². The molecule has 4 nitrogen and oxygen atoms in total. The van der Waals surface area contributed by atoms with Crippen molar-refractivity contribution in [3.63, 3.8) is 0 Å². The van der Waals surface area contributed by atoms with Crippen molar-refractivity contribution >= 4 is 22.6 Å². The second-order valence-electron chi connectivity index (χ2n) is 5.54. The molecule has 2 aromatic rings. The molecule has 0 radical (unpaired) electrons. The van der Waals surface area contributed by atoms with Gasteiger partial charge in [-0.15, -0.1) is 11.6 Å². The van der Waals surface area contributed by atoms with Crippen molar-refractivity contribution in [1.82, 2.24) is 9.55 Å². The first-order chi connectivity index (χ1) is 10.2. The van der Waals surface area contributed by atoms with Crippen molar-refractivity contribution in [1.29, 1.82) is 5.26 Å². The number of fused-ring (bicyclic) bond motifs is 1. The van der Waals surface area contributed by atoms with Gasteiger partial charge in [0.05, 0.1) is 23.1 Å². The molecule has 0 bridgehead atoms. The van der Waals surface area contributed by atoms with Crippen LogP contribution in [0.2, 0.25) is 0 Å². The zero-order valence-corrected chi connectivity index (χ0v) is 12.8. The van der Waals surface area contributed by atoms with E-state index in [0.29, 0.717) is 18.7 Å². The average Bonchev–Trinajstić information content (AvgIpc) is 3.22. The van der Waals surface area contributed by atoms with Gasteiger partial charge in [0.1, 0.15) is 17.4 Å². The molecule has 1 atom stereocenters. The minimum atomic E-state index is -0.202. The Hall–Kier alpha value is -1.57. The highest BCUT2D eigenvalue weighted by Gasteiger charge is 2.21. The molecule has 110 valence electrons. The van der Waals surface area contributed by atoms with E-state index in [2.05, 4.69) is 15.6 Å². The van der Waals surface area contributed by atoms with Crippen LogP contribution in [0.25, 0.3) is 11.0 Å². The van der Waals surface area contributed by atoms with Gasteiger partial charge in [-0.05, 0) is 37.8 Å². The van der Waals surface area contributed by atoms with Crippen LogP contribution < -0.4 is 0 Å². The molecule has 1 saturated carbocycles. The van der Waals surface area contributed by atoms with Crippen LogP contribution >= 0.6 is 11.6 Å². The number of benzene rings is 1. The number of hydrogen-bond acceptors (Lipinski definition) is 3. The summed E-state index contributed by atoms with van der Waals surface area (Å²) in [7, 11) is 0. The Labute approximate surface area is 129 Å². The van der Waals surface area contributed by atoms with E-state index < -0.39 is 0 Å². The Balaban J connectivity index is 1.86. The normalized spacial score (nSPS) is 16.0. The van der Waals surface area contributed by atoms with Gasteiger partial charge in [0.25, 0.3) is 0 Å². The van der Waals surface area contributed by atoms with Crippen LogP contribution in [0.3, 0.4) is 0 Å². The minimum Gasteiger partial charge on any atom is -0.379 e. The van der Waals surface area contributed by atoms with Gasteiger partial charge < -0.3 is 9.30 Å². The van der Waals surface area contributed by atoms with Gasteiger partial charge in [0.15, 0.2) is 0 Å². The predicted octanol–water partition coefficient (Wildman–Crippen LogP) is 3.63. The number of hydrogen-bond donors (Lipinski definition) is 0. The number of aromatic nitrogens is 2. The highest BCUT2D eigenvalue weighted by molar-refractivity contribution is 6.20. The van der Waals surface area contributed by atoms with Crippen LogP contribution in [0.1, 0.15) is 36.5 Å². The number of para-hydroxylation sites is 1. The summed E-state index contributed by atoms with van der Waals surface area (Å²) in [6.45, 7) is 4.11. The molecule has 1 aromatic carbocycles. The van der Waals surface area contributed by atoms with Gasteiger partial charge in [-0.25, -0.2) is 4.98 Å². The summed E-state index contributed by atoms with van der Waals surface area (Å²) < 4.78 is 7.78. The highest BCUT2D eigenvalue weighted by Crippen LogP contribution is 2.29. The first-order valence-corrected chi connectivity index (χ1v) is 7.75. The predicted molar refractivity (Wildman–Crippen MR) is 82.3 cm³/mol. The van der Waals surface area contributed by atoms with Gasteiger partial charge in [-0.3, -0.25) is 0 Å². The summed E-state index contributed by atoms with van der Waals surface area (Å²) in [4.78, 5) is 4.56. The molecule has 1 aromatic heterocycles. The molecule has 0 aliphatic heterocycles. The number of rotatable bonds is 6. The fourth-order valence-electron chi connectivity index (χ4n) is 2.48. The van der Waals surface area contributed by atoms with Crippen molar-refractivity contribution in [2.24, 2.45) is 5.92 Å². The van der Waals surface area contributed by atoms with Crippen molar-refractivity contribution in [3.05, 3.63) is 29.6 Å². The van der Waals surface area contributed by atoms with Gasteiger partial charge in [0, 0.05) is 13.2 Å². The minimum absolute atomic E-state index is 0.202. The van der Waals surface area contributed by atoms with E-state index >= 15 is 0 Å². The number of nitrogens with zero attached hydrogens (tertiary/aromatic N) is 3. The Morgan fingerprint density at radius 1 is 1.52 bits per heavy atom. The third kappa shape index (κ3) is 3.04. The van der Waals surface area contributed by atoms with E-state index in [-0.39, 0.29) is 5.38 Å². The van der Waals surface area contributed by atoms with E-state index in [0.717, 1.165) is 29.4 Å². The maximum atomic E-state index is 9.20. The summed E-state index contributed by atoms with van der Waals surface area (Å²) in [5.41, 5.74) is 2.26. The first kappa shape index (κ1) is 14.4. The molecule has 1 fully saturated rings. The molecule has 1 aliphatic carbocycles. The van der Waals surface area contributed by atoms with E-state index in [1.807, 2.05) is 19.1 Å². The van der Waals surface area contributed by atoms with E-state index in [1.54, 1.807) is 6.07 Å². The number of alkyl halides is 1. The third-order valence-electron chi connectivity index (χ3n) is 3.79. The van der Waals surface area contributed by atoms with Crippen LogP contribution in [0, 0.1) is 17.2 Å². The summed E-state index contributed by atoms with van der Waals surface area (Å²) >= 11 is 6.24. The molecule has 0 saturated heterocycles. The Kier molecular flexibility index (Phi) is 4.14. The average molecular weight is 304 g/mol. The number of ether oxygens (including phenoxy) is 1. The largest absolute Gasteiger partial charge is 0.379 e. The van der Waals surface area contributed by atoms with E-state index in [9.17, 15) is 5.26 Å². The molecule has 21 heavy (non-hydrogen) atoms. The van der Waals surface area contributed by atoms with E-state index in [1.165, 1.54) is 12.8 Å². The summed E-state index contributed by atoms with van der Waals surface area (Å²) in [6, 6.07) is 7.83. The first-order valence-electron chi connectivity index (χ1n) is 7.31. The number of imidazole rings is 1. The van der Waals surface area contributed by atoms with Gasteiger partial charge >= 0.3 is 0 Å². The smallest absolute Gasteiger partial charge is 0.127 e. The third-order valence-corrected chi connectivity index (χ3v) is 3.99. The maximum absolute atomic E-state index is 9.20. The fraction of sp³-hybridized carbons (Fsp3) is 0.500. The zero-order chi connectivity index (χ0) is 14.8. The molecule has 0 spiro atoms. The highest BCUT2D eigenvalue weighted by atomic mass is 35.5. The zero-order valence-electron chi connectivity index (χ0n) is 12.1. The lowest BCUT2D eigenvalue weighted by Gasteiger charge is -2.10.